The van der Waals surface area contributed by atoms with Crippen LogP contribution >= 0.6 is 0 Å². The first-order chi connectivity index (χ1) is 8.86. The molecule has 2 fully saturated rings. The largest absolute Gasteiger partial charge is 0.497 e. The number of rotatable bonds is 3. The third kappa shape index (κ3) is 2.30. The second kappa shape index (κ2) is 5.15. The summed E-state index contributed by atoms with van der Waals surface area (Å²) in [4.78, 5) is 0. The van der Waals surface area contributed by atoms with Crippen molar-refractivity contribution in [1.29, 1.82) is 0 Å². The van der Waals surface area contributed by atoms with E-state index in [0.29, 0.717) is 6.04 Å². The Morgan fingerprint density at radius 2 is 2.28 bits per heavy atom. The lowest BCUT2D eigenvalue weighted by molar-refractivity contribution is 0.414. The summed E-state index contributed by atoms with van der Waals surface area (Å²) in [5.74, 6) is 2.71. The molecule has 18 heavy (non-hydrogen) atoms. The molecule has 96 valence electrons. The van der Waals surface area contributed by atoms with Crippen LogP contribution in [0.4, 0.5) is 0 Å². The number of benzene rings is 1. The normalized spacial score (nSPS) is 30.8. The molecule has 1 heterocycles. The van der Waals surface area contributed by atoms with Gasteiger partial charge in [0.2, 0.25) is 0 Å². The Balaban J connectivity index is 1.69. The van der Waals surface area contributed by atoms with Gasteiger partial charge in [-0.25, -0.2) is 0 Å². The van der Waals surface area contributed by atoms with Gasteiger partial charge in [0.1, 0.15) is 5.75 Å². The van der Waals surface area contributed by atoms with Crippen molar-refractivity contribution in [3.05, 3.63) is 35.9 Å². The van der Waals surface area contributed by atoms with Crippen molar-refractivity contribution in [3.63, 3.8) is 0 Å². The lowest BCUT2D eigenvalue weighted by Crippen LogP contribution is -2.23. The minimum Gasteiger partial charge on any atom is -0.497 e. The third-order valence-corrected chi connectivity index (χ3v) is 4.38. The van der Waals surface area contributed by atoms with E-state index in [1.54, 1.807) is 7.11 Å². The van der Waals surface area contributed by atoms with Crippen LogP contribution in [0.15, 0.2) is 30.3 Å². The van der Waals surface area contributed by atoms with E-state index in [2.05, 4.69) is 29.6 Å². The van der Waals surface area contributed by atoms with E-state index in [0.717, 1.165) is 17.6 Å². The summed E-state index contributed by atoms with van der Waals surface area (Å²) < 4.78 is 5.25. The van der Waals surface area contributed by atoms with Crippen LogP contribution in [0.1, 0.15) is 24.8 Å². The number of methoxy groups -OCH3 is 1. The van der Waals surface area contributed by atoms with Gasteiger partial charge in [-0.3, -0.25) is 0 Å². The lowest BCUT2D eigenvalue weighted by Gasteiger charge is -2.13. The predicted molar refractivity (Wildman–Crippen MR) is 74.6 cm³/mol. The molecular formula is C16H21NO. The minimum atomic E-state index is 0.573. The van der Waals surface area contributed by atoms with Gasteiger partial charge in [0.05, 0.1) is 7.11 Å². The number of ether oxygens (including phenoxy) is 1. The molecule has 1 aliphatic heterocycles. The molecule has 1 aromatic carbocycles. The molecule has 3 unspecified atom stereocenters. The van der Waals surface area contributed by atoms with Gasteiger partial charge in [-0.2, -0.15) is 0 Å². The summed E-state index contributed by atoms with van der Waals surface area (Å²) in [5.41, 5.74) is 1.22. The van der Waals surface area contributed by atoms with Gasteiger partial charge in [-0.1, -0.05) is 30.7 Å². The lowest BCUT2D eigenvalue weighted by atomic mass is 9.93. The van der Waals surface area contributed by atoms with Crippen molar-refractivity contribution in [1.82, 2.24) is 5.32 Å². The second-order valence-electron chi connectivity index (χ2n) is 5.42. The smallest absolute Gasteiger partial charge is 0.119 e. The number of fused-ring (bicyclic) bond motifs is 1. The summed E-state index contributed by atoms with van der Waals surface area (Å²) in [6.07, 6.45) is 8.79. The monoisotopic (exact) mass is 243 g/mol. The molecule has 0 amide bonds. The molecule has 1 saturated carbocycles. The van der Waals surface area contributed by atoms with Crippen LogP contribution in [0, 0.1) is 11.8 Å². The zero-order valence-corrected chi connectivity index (χ0v) is 10.9. The second-order valence-corrected chi connectivity index (χ2v) is 5.42. The fourth-order valence-corrected chi connectivity index (χ4v) is 3.40. The Morgan fingerprint density at radius 1 is 1.33 bits per heavy atom. The molecule has 3 atom stereocenters. The molecule has 0 spiro atoms. The fraction of sp³-hybridized carbons (Fsp3) is 0.500. The van der Waals surface area contributed by atoms with Crippen LogP contribution < -0.4 is 10.1 Å². The molecule has 0 bridgehead atoms. The topological polar surface area (TPSA) is 21.3 Å². The van der Waals surface area contributed by atoms with Crippen molar-refractivity contribution < 1.29 is 4.74 Å². The molecule has 1 N–H and O–H groups in total. The molecule has 0 aromatic heterocycles. The number of nitrogens with one attached hydrogen (secondary N) is 1. The number of hydrogen-bond acceptors (Lipinski definition) is 2. The van der Waals surface area contributed by atoms with Gasteiger partial charge in [-0.15, -0.1) is 0 Å². The molecule has 3 rings (SSSR count). The predicted octanol–water partition coefficient (Wildman–Crippen LogP) is 3.10. The van der Waals surface area contributed by atoms with Crippen molar-refractivity contribution in [2.45, 2.75) is 25.3 Å². The molecule has 1 saturated heterocycles. The Kier molecular flexibility index (Phi) is 3.37. The molecular weight excluding hydrogens is 222 g/mol. The van der Waals surface area contributed by atoms with Crippen LogP contribution in [0.2, 0.25) is 0 Å². The summed E-state index contributed by atoms with van der Waals surface area (Å²) in [5, 5.41) is 3.64. The first-order valence-corrected chi connectivity index (χ1v) is 6.92. The Labute approximate surface area is 109 Å². The highest BCUT2D eigenvalue weighted by atomic mass is 16.5. The van der Waals surface area contributed by atoms with E-state index < -0.39 is 0 Å². The molecule has 2 nitrogen and oxygen atoms in total. The van der Waals surface area contributed by atoms with Crippen molar-refractivity contribution in [2.24, 2.45) is 11.8 Å². The van der Waals surface area contributed by atoms with Crippen LogP contribution in [0.25, 0.3) is 6.08 Å². The zero-order chi connectivity index (χ0) is 12.4. The van der Waals surface area contributed by atoms with Crippen LogP contribution in [0.3, 0.4) is 0 Å². The van der Waals surface area contributed by atoms with Gasteiger partial charge in [0.25, 0.3) is 0 Å². The first kappa shape index (κ1) is 11.8. The fourth-order valence-electron chi connectivity index (χ4n) is 3.40. The highest BCUT2D eigenvalue weighted by Gasteiger charge is 2.37. The van der Waals surface area contributed by atoms with Crippen molar-refractivity contribution in [3.8, 4) is 5.75 Å². The van der Waals surface area contributed by atoms with E-state index in [-0.39, 0.29) is 0 Å². The van der Waals surface area contributed by atoms with Crippen molar-refractivity contribution >= 4 is 6.08 Å². The van der Waals surface area contributed by atoms with E-state index in [4.69, 9.17) is 4.74 Å². The van der Waals surface area contributed by atoms with E-state index in [1.165, 1.54) is 31.4 Å². The standard InChI is InChI=1S/C16H21NO/c1-18-14-6-2-4-12(10-14)8-9-16-15-7-3-5-13(15)11-17-16/h2,4,6,8-10,13,15-17H,3,5,7,11H2,1H3/b9-8+. The van der Waals surface area contributed by atoms with Gasteiger partial charge in [0, 0.05) is 6.04 Å². The highest BCUT2D eigenvalue weighted by Crippen LogP contribution is 2.38. The maximum atomic E-state index is 5.25. The van der Waals surface area contributed by atoms with Crippen LogP contribution in [-0.2, 0) is 0 Å². The maximum absolute atomic E-state index is 5.25. The third-order valence-electron chi connectivity index (χ3n) is 4.38. The Hall–Kier alpha value is -1.28. The van der Waals surface area contributed by atoms with Crippen LogP contribution in [-0.4, -0.2) is 19.7 Å². The molecule has 1 aromatic rings. The first-order valence-electron chi connectivity index (χ1n) is 6.92. The average Bonchev–Trinajstić information content (AvgIpc) is 3.00. The molecule has 1 aliphatic carbocycles. The SMILES string of the molecule is COc1cccc(/C=C/C2NCC3CCCC32)c1. The van der Waals surface area contributed by atoms with Crippen LogP contribution in [0.5, 0.6) is 5.75 Å². The summed E-state index contributed by atoms with van der Waals surface area (Å²) in [6, 6.07) is 8.80. The summed E-state index contributed by atoms with van der Waals surface area (Å²) in [7, 11) is 1.71. The van der Waals surface area contributed by atoms with E-state index in [1.807, 2.05) is 12.1 Å². The van der Waals surface area contributed by atoms with Gasteiger partial charge < -0.3 is 10.1 Å². The Morgan fingerprint density at radius 3 is 3.17 bits per heavy atom. The van der Waals surface area contributed by atoms with Gasteiger partial charge >= 0.3 is 0 Å². The molecule has 2 aliphatic rings. The van der Waals surface area contributed by atoms with Gasteiger partial charge in [0.15, 0.2) is 0 Å². The minimum absolute atomic E-state index is 0.573. The average molecular weight is 243 g/mol. The quantitative estimate of drug-likeness (QED) is 0.881. The summed E-state index contributed by atoms with van der Waals surface area (Å²) >= 11 is 0. The molecule has 2 heteroatoms. The maximum Gasteiger partial charge on any atom is 0.119 e. The van der Waals surface area contributed by atoms with E-state index >= 15 is 0 Å². The van der Waals surface area contributed by atoms with Gasteiger partial charge in [-0.05, 0) is 48.9 Å². The van der Waals surface area contributed by atoms with Crippen molar-refractivity contribution in [2.75, 3.05) is 13.7 Å². The Bertz CT molecular complexity index is 440. The number of hydrogen-bond donors (Lipinski definition) is 1. The highest BCUT2D eigenvalue weighted by molar-refractivity contribution is 5.52. The zero-order valence-electron chi connectivity index (χ0n) is 10.9. The molecule has 0 radical (unpaired) electrons. The summed E-state index contributed by atoms with van der Waals surface area (Å²) in [6.45, 7) is 1.21. The van der Waals surface area contributed by atoms with E-state index in [9.17, 15) is 0 Å².